The molecule has 3 rings (SSSR count). The summed E-state index contributed by atoms with van der Waals surface area (Å²) in [5.41, 5.74) is 2.86. The van der Waals surface area contributed by atoms with Crippen molar-refractivity contribution in [1.82, 2.24) is 5.43 Å². The molecule has 0 saturated heterocycles. The first-order valence-corrected chi connectivity index (χ1v) is 8.44. The molecule has 0 atom stereocenters. The number of nitro benzene ring substituents is 1. The van der Waals surface area contributed by atoms with Gasteiger partial charge in [-0.25, -0.2) is 5.43 Å². The molecule has 2 aromatic carbocycles. The van der Waals surface area contributed by atoms with E-state index < -0.39 is 17.4 Å². The van der Waals surface area contributed by atoms with Crippen LogP contribution in [-0.4, -0.2) is 23.7 Å². The Morgan fingerprint density at radius 3 is 2.82 bits per heavy atom. The minimum Gasteiger partial charge on any atom is -0.477 e. The Hall–Kier alpha value is -3.65. The highest BCUT2D eigenvalue weighted by atomic mass is 35.5. The fourth-order valence-corrected chi connectivity index (χ4v) is 2.48. The molecule has 0 aliphatic heterocycles. The Balaban J connectivity index is 1.54. The maximum Gasteiger partial charge on any atom is 0.310 e. The van der Waals surface area contributed by atoms with Crippen molar-refractivity contribution in [2.24, 2.45) is 5.10 Å². The molecule has 9 heteroatoms. The number of hydrazone groups is 1. The van der Waals surface area contributed by atoms with Crippen LogP contribution in [0.5, 0.6) is 5.75 Å². The number of nitrogens with one attached hydrogen (secondary N) is 1. The topological polar surface area (TPSA) is 107 Å². The second-order valence-electron chi connectivity index (χ2n) is 5.52. The van der Waals surface area contributed by atoms with E-state index >= 15 is 0 Å². The van der Waals surface area contributed by atoms with Crippen molar-refractivity contribution in [1.29, 1.82) is 0 Å². The highest BCUT2D eigenvalue weighted by Gasteiger charge is 2.14. The Morgan fingerprint density at radius 1 is 1.21 bits per heavy atom. The number of rotatable bonds is 7. The number of carbonyl (C=O) groups excluding carboxylic acids is 1. The van der Waals surface area contributed by atoms with Gasteiger partial charge in [0.2, 0.25) is 0 Å². The van der Waals surface area contributed by atoms with E-state index in [1.807, 2.05) is 12.1 Å². The molecule has 0 fully saturated rings. The van der Waals surface area contributed by atoms with Gasteiger partial charge >= 0.3 is 5.69 Å². The van der Waals surface area contributed by atoms with Crippen molar-refractivity contribution in [3.63, 3.8) is 0 Å². The third-order valence-electron chi connectivity index (χ3n) is 3.54. The van der Waals surface area contributed by atoms with Gasteiger partial charge in [-0.2, -0.15) is 5.10 Å². The Kier molecular flexibility index (Phi) is 6.03. The fraction of sp³-hybridized carbons (Fsp3) is 0.0526. The second kappa shape index (κ2) is 8.83. The second-order valence-corrected chi connectivity index (χ2v) is 5.96. The SMILES string of the molecule is O=C(COc1ccccc1[N+](=O)[O-])N/N=C\c1ccc(-c2cccc(Cl)c2)o1. The van der Waals surface area contributed by atoms with Crippen LogP contribution < -0.4 is 10.2 Å². The fourth-order valence-electron chi connectivity index (χ4n) is 2.29. The van der Waals surface area contributed by atoms with Gasteiger partial charge in [-0.05, 0) is 30.3 Å². The predicted octanol–water partition coefficient (Wildman–Crippen LogP) is 4.04. The summed E-state index contributed by atoms with van der Waals surface area (Å²) in [6.07, 6.45) is 1.33. The number of ether oxygens (including phenoxy) is 1. The zero-order chi connectivity index (χ0) is 19.9. The van der Waals surface area contributed by atoms with Gasteiger partial charge in [0.15, 0.2) is 12.4 Å². The normalized spacial score (nSPS) is 10.8. The van der Waals surface area contributed by atoms with Crippen LogP contribution in [0.2, 0.25) is 5.02 Å². The summed E-state index contributed by atoms with van der Waals surface area (Å²) in [5, 5.41) is 15.3. The van der Waals surface area contributed by atoms with Crippen molar-refractivity contribution in [3.05, 3.63) is 81.6 Å². The van der Waals surface area contributed by atoms with Gasteiger partial charge in [0.25, 0.3) is 5.91 Å². The van der Waals surface area contributed by atoms with Gasteiger partial charge in [-0.1, -0.05) is 35.9 Å². The highest BCUT2D eigenvalue weighted by Crippen LogP contribution is 2.26. The number of hydrogen-bond donors (Lipinski definition) is 1. The van der Waals surface area contributed by atoms with Gasteiger partial charge < -0.3 is 9.15 Å². The average molecular weight is 400 g/mol. The highest BCUT2D eigenvalue weighted by molar-refractivity contribution is 6.30. The predicted molar refractivity (Wildman–Crippen MR) is 103 cm³/mol. The summed E-state index contributed by atoms with van der Waals surface area (Å²) in [4.78, 5) is 22.1. The number of carbonyl (C=O) groups is 1. The van der Waals surface area contributed by atoms with Crippen LogP contribution in [0.3, 0.4) is 0 Å². The molecule has 0 saturated carbocycles. The molecule has 0 bridgehead atoms. The third-order valence-corrected chi connectivity index (χ3v) is 3.77. The third kappa shape index (κ3) is 4.95. The minimum absolute atomic E-state index is 0.00354. The van der Waals surface area contributed by atoms with Crippen molar-refractivity contribution in [2.45, 2.75) is 0 Å². The molecule has 1 N–H and O–H groups in total. The van der Waals surface area contributed by atoms with Gasteiger partial charge in [0.1, 0.15) is 11.5 Å². The van der Waals surface area contributed by atoms with E-state index in [0.717, 1.165) is 5.56 Å². The van der Waals surface area contributed by atoms with Crippen LogP contribution in [-0.2, 0) is 4.79 Å². The largest absolute Gasteiger partial charge is 0.477 e. The number of hydrogen-bond acceptors (Lipinski definition) is 6. The zero-order valence-corrected chi connectivity index (χ0v) is 15.1. The first-order chi connectivity index (χ1) is 13.5. The van der Waals surface area contributed by atoms with Crippen LogP contribution in [0, 0.1) is 10.1 Å². The Bertz CT molecular complexity index is 1030. The van der Waals surface area contributed by atoms with E-state index in [-0.39, 0.29) is 11.4 Å². The summed E-state index contributed by atoms with van der Waals surface area (Å²) in [6, 6.07) is 16.4. The van der Waals surface area contributed by atoms with E-state index in [4.69, 9.17) is 20.8 Å². The summed E-state index contributed by atoms with van der Waals surface area (Å²) in [5.74, 6) is 0.463. The van der Waals surface area contributed by atoms with E-state index in [9.17, 15) is 14.9 Å². The van der Waals surface area contributed by atoms with Crippen molar-refractivity contribution in [3.8, 4) is 17.1 Å². The number of furan rings is 1. The lowest BCUT2D eigenvalue weighted by molar-refractivity contribution is -0.385. The van der Waals surface area contributed by atoms with E-state index in [1.54, 1.807) is 30.3 Å². The number of halogens is 1. The van der Waals surface area contributed by atoms with Crippen LogP contribution in [0.25, 0.3) is 11.3 Å². The van der Waals surface area contributed by atoms with E-state index in [0.29, 0.717) is 16.5 Å². The minimum atomic E-state index is -0.584. The lowest BCUT2D eigenvalue weighted by Gasteiger charge is -2.05. The summed E-state index contributed by atoms with van der Waals surface area (Å²) in [7, 11) is 0. The number of nitro groups is 1. The monoisotopic (exact) mass is 399 g/mol. The van der Waals surface area contributed by atoms with Crippen LogP contribution in [0.1, 0.15) is 5.76 Å². The number of para-hydroxylation sites is 2. The van der Waals surface area contributed by atoms with Crippen molar-refractivity contribution < 1.29 is 18.9 Å². The molecule has 0 aliphatic rings. The zero-order valence-electron chi connectivity index (χ0n) is 14.4. The molecule has 1 aromatic heterocycles. The molecule has 1 amide bonds. The molecule has 3 aromatic rings. The van der Waals surface area contributed by atoms with Gasteiger partial charge in [-0.15, -0.1) is 0 Å². The maximum atomic E-state index is 11.8. The maximum absolute atomic E-state index is 11.8. The van der Waals surface area contributed by atoms with Crippen molar-refractivity contribution >= 4 is 29.4 Å². The molecule has 1 heterocycles. The van der Waals surface area contributed by atoms with Crippen LogP contribution in [0.15, 0.2) is 70.2 Å². The number of amides is 1. The molecular weight excluding hydrogens is 386 g/mol. The summed E-state index contributed by atoms with van der Waals surface area (Å²) >= 11 is 5.96. The molecule has 142 valence electrons. The molecule has 0 radical (unpaired) electrons. The van der Waals surface area contributed by atoms with Gasteiger partial charge in [0.05, 0.1) is 11.1 Å². The Morgan fingerprint density at radius 2 is 2.04 bits per heavy atom. The van der Waals surface area contributed by atoms with Crippen LogP contribution in [0.4, 0.5) is 5.69 Å². The number of benzene rings is 2. The van der Waals surface area contributed by atoms with E-state index in [1.165, 1.54) is 24.4 Å². The smallest absolute Gasteiger partial charge is 0.310 e. The van der Waals surface area contributed by atoms with Gasteiger partial charge in [0, 0.05) is 16.7 Å². The Labute approximate surface area is 164 Å². The van der Waals surface area contributed by atoms with Crippen molar-refractivity contribution in [2.75, 3.05) is 6.61 Å². The van der Waals surface area contributed by atoms with Crippen LogP contribution >= 0.6 is 11.6 Å². The molecule has 0 spiro atoms. The summed E-state index contributed by atoms with van der Waals surface area (Å²) in [6.45, 7) is -0.423. The number of nitrogens with zero attached hydrogens (tertiary/aromatic N) is 2. The first-order valence-electron chi connectivity index (χ1n) is 8.07. The molecular formula is C19H14ClN3O5. The molecule has 0 unspecified atom stereocenters. The summed E-state index contributed by atoms with van der Waals surface area (Å²) < 4.78 is 10.8. The lowest BCUT2D eigenvalue weighted by atomic mass is 10.2. The molecule has 8 nitrogen and oxygen atoms in total. The first kappa shape index (κ1) is 19.1. The average Bonchev–Trinajstić information content (AvgIpc) is 3.15. The quantitative estimate of drug-likeness (QED) is 0.366. The van der Waals surface area contributed by atoms with Gasteiger partial charge in [-0.3, -0.25) is 14.9 Å². The molecule has 28 heavy (non-hydrogen) atoms. The lowest BCUT2D eigenvalue weighted by Crippen LogP contribution is -2.24. The standard InChI is InChI=1S/C19H14ClN3O5/c20-14-5-3-4-13(10-14)17-9-8-15(28-17)11-21-22-19(24)12-27-18-7-2-1-6-16(18)23(25)26/h1-11H,12H2,(H,22,24)/b21-11-. The van der Waals surface area contributed by atoms with E-state index in [2.05, 4.69) is 10.5 Å². The molecule has 0 aliphatic carbocycles.